The van der Waals surface area contributed by atoms with Crippen LogP contribution in [0.25, 0.3) is 11.3 Å². The molecule has 2 aromatic heterocycles. The zero-order valence-corrected chi connectivity index (χ0v) is 18.2. The Morgan fingerprint density at radius 2 is 1.87 bits per heavy atom. The molecule has 4 nitrogen and oxygen atoms in total. The molecule has 3 aromatic rings. The Labute approximate surface area is 179 Å². The van der Waals surface area contributed by atoms with Crippen LogP contribution in [0.5, 0.6) is 0 Å². The fraction of sp³-hybridized carbons (Fsp3) is 0.375. The molecule has 1 amide bonds. The van der Waals surface area contributed by atoms with Gasteiger partial charge in [0.2, 0.25) is 0 Å². The van der Waals surface area contributed by atoms with Gasteiger partial charge in [-0.05, 0) is 72.6 Å². The van der Waals surface area contributed by atoms with E-state index in [9.17, 15) is 9.18 Å². The summed E-state index contributed by atoms with van der Waals surface area (Å²) < 4.78 is 19.2. The zero-order valence-electron chi connectivity index (χ0n) is 17.3. The van der Waals surface area contributed by atoms with E-state index in [-0.39, 0.29) is 17.1 Å². The lowest BCUT2D eigenvalue weighted by Crippen LogP contribution is -2.38. The number of hydrogen-bond acceptors (Lipinski definition) is 4. The Balaban J connectivity index is 1.41. The summed E-state index contributed by atoms with van der Waals surface area (Å²) in [6, 6.07) is 9.88. The summed E-state index contributed by atoms with van der Waals surface area (Å²) in [6.07, 6.45) is 2.69. The largest absolute Gasteiger partial charge is 0.457 e. The van der Waals surface area contributed by atoms with Gasteiger partial charge >= 0.3 is 0 Å². The van der Waals surface area contributed by atoms with Crippen molar-refractivity contribution in [3.63, 3.8) is 0 Å². The minimum absolute atomic E-state index is 0.0415. The standard InChI is InChI=1S/C24H25FN2O2S/c1-24(2,3)14-6-9-16-19(12-14)30-23-20(16)22(28)26-21(27-23)18-11-10-17(29-18)13-4-7-15(25)8-5-13/h4-5,7-8,10-11,14,21,27H,6,9,12H2,1-3H3,(H,26,28)/t14-,21-/m0/s1. The number of nitrogens with one attached hydrogen (secondary N) is 2. The number of thiophene rings is 1. The fourth-order valence-electron chi connectivity index (χ4n) is 4.46. The molecule has 0 bridgehead atoms. The van der Waals surface area contributed by atoms with Gasteiger partial charge in [-0.3, -0.25) is 4.79 Å². The molecule has 5 rings (SSSR count). The highest BCUT2D eigenvalue weighted by atomic mass is 32.1. The molecule has 0 fully saturated rings. The Hall–Kier alpha value is -2.60. The molecule has 0 spiro atoms. The van der Waals surface area contributed by atoms with Crippen molar-refractivity contribution in [3.8, 4) is 11.3 Å². The van der Waals surface area contributed by atoms with Crippen LogP contribution in [0.1, 0.15) is 59.9 Å². The van der Waals surface area contributed by atoms with Gasteiger partial charge in [-0.1, -0.05) is 20.8 Å². The van der Waals surface area contributed by atoms with Gasteiger partial charge in [-0.25, -0.2) is 4.39 Å². The summed E-state index contributed by atoms with van der Waals surface area (Å²) in [5, 5.41) is 7.44. The summed E-state index contributed by atoms with van der Waals surface area (Å²) >= 11 is 1.71. The van der Waals surface area contributed by atoms with E-state index in [1.807, 2.05) is 12.1 Å². The Bertz CT molecular complexity index is 1110. The van der Waals surface area contributed by atoms with Crippen LogP contribution in [-0.2, 0) is 12.8 Å². The number of carbonyl (C=O) groups is 1. The average Bonchev–Trinajstić information content (AvgIpc) is 3.32. The molecular weight excluding hydrogens is 399 g/mol. The molecule has 2 N–H and O–H groups in total. The van der Waals surface area contributed by atoms with Crippen molar-refractivity contribution in [1.82, 2.24) is 5.32 Å². The number of fused-ring (bicyclic) bond motifs is 3. The molecule has 0 saturated carbocycles. The number of benzene rings is 1. The highest BCUT2D eigenvalue weighted by molar-refractivity contribution is 7.16. The molecule has 30 heavy (non-hydrogen) atoms. The minimum atomic E-state index is -0.419. The summed E-state index contributed by atoms with van der Waals surface area (Å²) in [4.78, 5) is 14.3. The van der Waals surface area contributed by atoms with Crippen molar-refractivity contribution < 1.29 is 13.6 Å². The van der Waals surface area contributed by atoms with Crippen LogP contribution in [0.15, 0.2) is 40.8 Å². The molecule has 0 unspecified atom stereocenters. The third-order valence-electron chi connectivity index (χ3n) is 6.31. The molecule has 6 heteroatoms. The van der Waals surface area contributed by atoms with Crippen molar-refractivity contribution in [2.75, 3.05) is 5.32 Å². The maximum absolute atomic E-state index is 13.2. The summed E-state index contributed by atoms with van der Waals surface area (Å²) in [5.41, 5.74) is 3.09. The molecule has 2 atom stereocenters. The molecule has 1 aliphatic carbocycles. The predicted octanol–water partition coefficient (Wildman–Crippen LogP) is 6.15. The Kier molecular flexibility index (Phi) is 4.51. The van der Waals surface area contributed by atoms with E-state index < -0.39 is 6.17 Å². The van der Waals surface area contributed by atoms with E-state index in [1.54, 1.807) is 23.5 Å². The van der Waals surface area contributed by atoms with Gasteiger partial charge < -0.3 is 15.1 Å². The number of carbonyl (C=O) groups excluding carboxylic acids is 1. The molecule has 1 aliphatic heterocycles. The molecular formula is C24H25FN2O2S. The Morgan fingerprint density at radius 3 is 2.60 bits per heavy atom. The van der Waals surface area contributed by atoms with Gasteiger partial charge in [0.25, 0.3) is 5.91 Å². The van der Waals surface area contributed by atoms with Crippen LogP contribution >= 0.6 is 11.3 Å². The molecule has 1 aromatic carbocycles. The monoisotopic (exact) mass is 424 g/mol. The first kappa shape index (κ1) is 19.4. The van der Waals surface area contributed by atoms with Crippen molar-refractivity contribution >= 4 is 22.2 Å². The normalized spacial score (nSPS) is 20.9. The molecule has 0 radical (unpaired) electrons. The Morgan fingerprint density at radius 1 is 1.10 bits per heavy atom. The lowest BCUT2D eigenvalue weighted by molar-refractivity contribution is 0.0930. The fourth-order valence-corrected chi connectivity index (χ4v) is 5.81. The van der Waals surface area contributed by atoms with Gasteiger partial charge in [0, 0.05) is 10.4 Å². The van der Waals surface area contributed by atoms with Gasteiger partial charge in [0.15, 0.2) is 6.17 Å². The predicted molar refractivity (Wildman–Crippen MR) is 117 cm³/mol. The number of amides is 1. The van der Waals surface area contributed by atoms with E-state index in [4.69, 9.17) is 4.42 Å². The van der Waals surface area contributed by atoms with E-state index in [2.05, 4.69) is 31.4 Å². The SMILES string of the molecule is CC(C)(C)[C@H]1CCc2c(sc3c2C(=O)N[C@H](c2ccc(-c4ccc(F)cc4)o2)N3)C1. The average molecular weight is 425 g/mol. The zero-order chi connectivity index (χ0) is 21.0. The maximum Gasteiger partial charge on any atom is 0.256 e. The number of halogens is 1. The number of anilines is 1. The lowest BCUT2D eigenvalue weighted by Gasteiger charge is -2.34. The molecule has 2 aliphatic rings. The van der Waals surface area contributed by atoms with E-state index in [0.717, 1.165) is 35.4 Å². The van der Waals surface area contributed by atoms with Crippen molar-refractivity contribution in [2.45, 2.75) is 46.2 Å². The van der Waals surface area contributed by atoms with Crippen molar-refractivity contribution in [1.29, 1.82) is 0 Å². The van der Waals surface area contributed by atoms with Crippen LogP contribution < -0.4 is 10.6 Å². The second-order valence-corrected chi connectivity index (χ2v) is 10.4. The van der Waals surface area contributed by atoms with Gasteiger partial charge in [0.05, 0.1) is 5.56 Å². The van der Waals surface area contributed by atoms with Crippen molar-refractivity contribution in [3.05, 3.63) is 64.0 Å². The molecule has 3 heterocycles. The van der Waals surface area contributed by atoms with Gasteiger partial charge in [0.1, 0.15) is 22.3 Å². The minimum Gasteiger partial charge on any atom is -0.457 e. The van der Waals surface area contributed by atoms with Crippen LogP contribution in [-0.4, -0.2) is 5.91 Å². The molecule has 0 saturated heterocycles. The maximum atomic E-state index is 13.2. The van der Waals surface area contributed by atoms with Crippen LogP contribution in [0.3, 0.4) is 0 Å². The third kappa shape index (κ3) is 3.33. The number of hydrogen-bond donors (Lipinski definition) is 2. The lowest BCUT2D eigenvalue weighted by atomic mass is 9.72. The number of furan rings is 1. The van der Waals surface area contributed by atoms with Gasteiger partial charge in [-0.15, -0.1) is 11.3 Å². The highest BCUT2D eigenvalue weighted by Gasteiger charge is 2.37. The first-order valence-electron chi connectivity index (χ1n) is 10.4. The van der Waals surface area contributed by atoms with Gasteiger partial charge in [-0.2, -0.15) is 0 Å². The third-order valence-corrected chi connectivity index (χ3v) is 7.49. The summed E-state index contributed by atoms with van der Waals surface area (Å²) in [5.74, 6) is 1.58. The smallest absolute Gasteiger partial charge is 0.256 e. The second-order valence-electron chi connectivity index (χ2n) is 9.27. The van der Waals surface area contributed by atoms with Crippen molar-refractivity contribution in [2.24, 2.45) is 11.3 Å². The summed E-state index contributed by atoms with van der Waals surface area (Å²) in [7, 11) is 0. The highest BCUT2D eigenvalue weighted by Crippen LogP contribution is 2.46. The van der Waals surface area contributed by atoms with Crippen LogP contribution in [0.2, 0.25) is 0 Å². The first-order valence-corrected chi connectivity index (χ1v) is 11.2. The quantitative estimate of drug-likeness (QED) is 0.519. The van der Waals surface area contributed by atoms with E-state index in [0.29, 0.717) is 17.4 Å². The second kappa shape index (κ2) is 6.98. The first-order chi connectivity index (χ1) is 14.3. The number of rotatable bonds is 2. The van der Waals surface area contributed by atoms with Crippen LogP contribution in [0.4, 0.5) is 9.39 Å². The topological polar surface area (TPSA) is 54.3 Å². The van der Waals surface area contributed by atoms with E-state index in [1.165, 1.54) is 22.6 Å². The molecule has 156 valence electrons. The van der Waals surface area contributed by atoms with E-state index >= 15 is 0 Å². The van der Waals surface area contributed by atoms with Crippen LogP contribution in [0, 0.1) is 17.2 Å². The summed E-state index contributed by atoms with van der Waals surface area (Å²) in [6.45, 7) is 6.90.